The normalized spacial score (nSPS) is 12.5. The summed E-state index contributed by atoms with van der Waals surface area (Å²) in [5.41, 5.74) is 9.29. The number of hydrogen-bond acceptors (Lipinski definition) is 5. The molecule has 3 amide bonds. The highest BCUT2D eigenvalue weighted by Crippen LogP contribution is 2.18. The van der Waals surface area contributed by atoms with Crippen molar-refractivity contribution in [1.29, 1.82) is 0 Å². The number of nitrogens with two attached hydrogens (primary N) is 1. The molecule has 0 aromatic heterocycles. The maximum Gasteiger partial charge on any atom is 0.253 e. The third kappa shape index (κ3) is 10.0. The molecule has 3 aromatic carbocycles. The Morgan fingerprint density at radius 2 is 1.44 bits per heavy atom. The molecule has 0 aliphatic rings. The van der Waals surface area contributed by atoms with E-state index in [0.29, 0.717) is 32.0 Å². The van der Waals surface area contributed by atoms with Gasteiger partial charge in [0.2, 0.25) is 5.91 Å². The summed E-state index contributed by atoms with van der Waals surface area (Å²) in [5, 5.41) is 17.5. The fourth-order valence-corrected chi connectivity index (χ4v) is 4.99. The second-order valence-electron chi connectivity index (χ2n) is 11.3. The highest BCUT2D eigenvalue weighted by molar-refractivity contribution is 6.04. The molecular formula is C35H46N4O4. The molecule has 0 unspecified atom stereocenters. The van der Waals surface area contributed by atoms with Crippen LogP contribution in [0.1, 0.15) is 94.2 Å². The molecular weight excluding hydrogens is 540 g/mol. The number of benzene rings is 3. The van der Waals surface area contributed by atoms with E-state index in [4.69, 9.17) is 5.73 Å². The zero-order chi connectivity index (χ0) is 31.4. The zero-order valence-electron chi connectivity index (χ0n) is 25.8. The number of nitrogens with zero attached hydrogens (tertiary/aromatic N) is 1. The van der Waals surface area contributed by atoms with Gasteiger partial charge in [-0.15, -0.1) is 0 Å². The lowest BCUT2D eigenvalue weighted by Gasteiger charge is -2.26. The third-order valence-corrected chi connectivity index (χ3v) is 7.41. The number of aliphatic hydroxyl groups is 1. The Labute approximate surface area is 255 Å². The van der Waals surface area contributed by atoms with Crippen LogP contribution in [0.3, 0.4) is 0 Å². The second-order valence-corrected chi connectivity index (χ2v) is 11.3. The van der Waals surface area contributed by atoms with Gasteiger partial charge in [0.05, 0.1) is 12.1 Å². The van der Waals surface area contributed by atoms with E-state index in [-0.39, 0.29) is 29.1 Å². The van der Waals surface area contributed by atoms with Gasteiger partial charge in [-0.2, -0.15) is 0 Å². The predicted molar refractivity (Wildman–Crippen MR) is 171 cm³/mol. The first-order valence-corrected chi connectivity index (χ1v) is 15.2. The van der Waals surface area contributed by atoms with E-state index < -0.39 is 24.0 Å². The highest BCUT2D eigenvalue weighted by atomic mass is 16.3. The summed E-state index contributed by atoms with van der Waals surface area (Å²) in [7, 11) is 0. The van der Waals surface area contributed by atoms with E-state index in [2.05, 4.69) is 36.6 Å². The molecule has 8 nitrogen and oxygen atoms in total. The molecule has 0 radical (unpaired) electrons. The lowest BCUT2D eigenvalue weighted by molar-refractivity contribution is 0.0755. The summed E-state index contributed by atoms with van der Waals surface area (Å²) in [4.78, 5) is 40.9. The number of aliphatic hydroxyl groups excluding tert-OH is 1. The van der Waals surface area contributed by atoms with Gasteiger partial charge < -0.3 is 26.4 Å². The molecule has 43 heavy (non-hydrogen) atoms. The van der Waals surface area contributed by atoms with Gasteiger partial charge in [-0.05, 0) is 60.1 Å². The van der Waals surface area contributed by atoms with E-state index in [9.17, 15) is 19.5 Å². The number of rotatable bonds is 16. The second kappa shape index (κ2) is 16.6. The Kier molecular flexibility index (Phi) is 12.9. The third-order valence-electron chi connectivity index (χ3n) is 7.41. The quantitative estimate of drug-likeness (QED) is 0.194. The Balaban J connectivity index is 1.86. The van der Waals surface area contributed by atoms with Crippen LogP contribution in [0, 0.1) is 0 Å². The number of hydrogen-bond donors (Lipinski definition) is 4. The Bertz CT molecular complexity index is 1340. The molecule has 0 aliphatic heterocycles. The van der Waals surface area contributed by atoms with Crippen LogP contribution < -0.4 is 16.4 Å². The topological polar surface area (TPSA) is 125 Å². The van der Waals surface area contributed by atoms with Gasteiger partial charge in [0, 0.05) is 42.9 Å². The summed E-state index contributed by atoms with van der Waals surface area (Å²) in [6.45, 7) is 10.2. The van der Waals surface area contributed by atoms with Gasteiger partial charge in [-0.1, -0.05) is 82.3 Å². The predicted octanol–water partition coefficient (Wildman–Crippen LogP) is 4.66. The molecule has 0 aliphatic carbocycles. The molecule has 230 valence electrons. The Morgan fingerprint density at radius 1 is 0.837 bits per heavy atom. The molecule has 3 rings (SSSR count). The molecule has 3 aromatic rings. The van der Waals surface area contributed by atoms with Crippen molar-refractivity contribution in [3.63, 3.8) is 0 Å². The minimum absolute atomic E-state index is 0.0786. The van der Waals surface area contributed by atoms with Gasteiger partial charge in [0.15, 0.2) is 0 Å². The van der Waals surface area contributed by atoms with E-state index in [1.807, 2.05) is 56.3 Å². The standard InChI is InChI=1S/C35H46N4O4/c1-5-16-39(17-6-2)35(43)30-20-28(33(36)41)19-29(21-30)34(42)38-31(18-25-12-14-27(15-13-25)24(3)4)32(40)23-37-22-26-10-8-7-9-11-26/h7-15,19-21,24,31-32,37,40H,5-6,16-18,22-23H2,1-4H3,(H2,36,41)(H,38,42)/t31-,32+/m0/s1. The maximum atomic E-state index is 13.6. The van der Waals surface area contributed by atoms with Gasteiger partial charge in [0.1, 0.15) is 0 Å². The molecule has 0 spiro atoms. The maximum absolute atomic E-state index is 13.6. The van der Waals surface area contributed by atoms with Gasteiger partial charge in [0.25, 0.3) is 11.8 Å². The minimum Gasteiger partial charge on any atom is -0.390 e. The summed E-state index contributed by atoms with van der Waals surface area (Å²) in [6, 6.07) is 21.7. The largest absolute Gasteiger partial charge is 0.390 e. The van der Waals surface area contributed by atoms with E-state index >= 15 is 0 Å². The van der Waals surface area contributed by atoms with Crippen LogP contribution in [-0.4, -0.2) is 59.5 Å². The van der Waals surface area contributed by atoms with Gasteiger partial charge >= 0.3 is 0 Å². The number of carbonyl (C=O) groups is 3. The van der Waals surface area contributed by atoms with Crippen molar-refractivity contribution in [2.45, 2.75) is 71.6 Å². The summed E-state index contributed by atoms with van der Waals surface area (Å²) >= 11 is 0. The smallest absolute Gasteiger partial charge is 0.253 e. The van der Waals surface area contributed by atoms with Crippen molar-refractivity contribution in [3.05, 3.63) is 106 Å². The first-order chi connectivity index (χ1) is 20.6. The van der Waals surface area contributed by atoms with Crippen LogP contribution >= 0.6 is 0 Å². The highest BCUT2D eigenvalue weighted by Gasteiger charge is 2.25. The first kappa shape index (κ1) is 33.5. The molecule has 0 bridgehead atoms. The van der Waals surface area contributed by atoms with Crippen molar-refractivity contribution in [3.8, 4) is 0 Å². The molecule has 0 fully saturated rings. The van der Waals surface area contributed by atoms with Gasteiger partial charge in [-0.3, -0.25) is 14.4 Å². The lowest BCUT2D eigenvalue weighted by Crippen LogP contribution is -2.48. The van der Waals surface area contributed by atoms with E-state index in [0.717, 1.165) is 24.0 Å². The monoisotopic (exact) mass is 586 g/mol. The zero-order valence-corrected chi connectivity index (χ0v) is 25.8. The van der Waals surface area contributed by atoms with Crippen molar-refractivity contribution < 1.29 is 19.5 Å². The van der Waals surface area contributed by atoms with E-state index in [1.54, 1.807) is 4.90 Å². The van der Waals surface area contributed by atoms with Crippen LogP contribution in [0.4, 0.5) is 0 Å². The van der Waals surface area contributed by atoms with Crippen LogP contribution in [-0.2, 0) is 13.0 Å². The van der Waals surface area contributed by atoms with Gasteiger partial charge in [-0.25, -0.2) is 0 Å². The van der Waals surface area contributed by atoms with Crippen LogP contribution in [0.2, 0.25) is 0 Å². The molecule has 0 heterocycles. The first-order valence-electron chi connectivity index (χ1n) is 15.2. The molecule has 0 saturated carbocycles. The average molecular weight is 587 g/mol. The van der Waals surface area contributed by atoms with Crippen molar-refractivity contribution >= 4 is 17.7 Å². The Morgan fingerprint density at radius 3 is 2.02 bits per heavy atom. The van der Waals surface area contributed by atoms with Crippen molar-refractivity contribution in [2.75, 3.05) is 19.6 Å². The van der Waals surface area contributed by atoms with Crippen LogP contribution in [0.25, 0.3) is 0 Å². The van der Waals surface area contributed by atoms with Crippen molar-refractivity contribution in [2.24, 2.45) is 5.73 Å². The lowest BCUT2D eigenvalue weighted by atomic mass is 9.96. The fourth-order valence-electron chi connectivity index (χ4n) is 4.99. The average Bonchev–Trinajstić information content (AvgIpc) is 3.00. The SMILES string of the molecule is CCCN(CCC)C(=O)c1cc(C(N)=O)cc(C(=O)N[C@@H](Cc2ccc(C(C)C)cc2)[C@H](O)CNCc2ccccc2)c1. The number of nitrogens with one attached hydrogen (secondary N) is 2. The number of carbonyl (C=O) groups excluding carboxylic acids is 3. The van der Waals surface area contributed by atoms with Crippen molar-refractivity contribution in [1.82, 2.24) is 15.5 Å². The van der Waals surface area contributed by atoms with Crippen LogP contribution in [0.15, 0.2) is 72.8 Å². The van der Waals surface area contributed by atoms with E-state index in [1.165, 1.54) is 23.8 Å². The van der Waals surface area contributed by atoms with Crippen LogP contribution in [0.5, 0.6) is 0 Å². The summed E-state index contributed by atoms with van der Waals surface area (Å²) in [5.74, 6) is -1.10. The molecule has 5 N–H and O–H groups in total. The fraction of sp³-hybridized carbons (Fsp3) is 0.400. The summed E-state index contributed by atoms with van der Waals surface area (Å²) < 4.78 is 0. The minimum atomic E-state index is -0.914. The molecule has 0 saturated heterocycles. The molecule has 8 heteroatoms. The molecule has 2 atom stereocenters. The number of amides is 3. The Hall–Kier alpha value is -4.01. The number of primary amides is 1. The summed E-state index contributed by atoms with van der Waals surface area (Å²) in [6.07, 6.45) is 1.04.